The Labute approximate surface area is 106 Å². The highest BCUT2D eigenvalue weighted by Gasteiger charge is 2.37. The van der Waals surface area contributed by atoms with Gasteiger partial charge in [0.2, 0.25) is 0 Å². The Bertz CT molecular complexity index is 419. The van der Waals surface area contributed by atoms with Gasteiger partial charge in [0, 0.05) is 12.0 Å². The third kappa shape index (κ3) is 2.34. The summed E-state index contributed by atoms with van der Waals surface area (Å²) in [6.45, 7) is 0.518. The highest BCUT2D eigenvalue weighted by atomic mass is 16.4. The van der Waals surface area contributed by atoms with Crippen molar-refractivity contribution in [2.75, 3.05) is 6.54 Å². The van der Waals surface area contributed by atoms with Crippen molar-refractivity contribution in [1.82, 2.24) is 0 Å². The van der Waals surface area contributed by atoms with Gasteiger partial charge in [-0.2, -0.15) is 0 Å². The van der Waals surface area contributed by atoms with Crippen molar-refractivity contribution in [1.29, 1.82) is 0 Å². The number of hydrogen-bond donors (Lipinski definition) is 3. The fourth-order valence-corrected chi connectivity index (χ4v) is 2.84. The lowest BCUT2D eigenvalue weighted by Crippen LogP contribution is -2.40. The van der Waals surface area contributed by atoms with Crippen LogP contribution in [0, 0.1) is 5.92 Å². The number of aromatic hydroxyl groups is 1. The number of phenols is 1. The van der Waals surface area contributed by atoms with Crippen LogP contribution in [0.2, 0.25) is 0 Å². The van der Waals surface area contributed by atoms with E-state index in [1.165, 1.54) is 0 Å². The maximum atomic E-state index is 11.0. The maximum absolute atomic E-state index is 11.0. The van der Waals surface area contributed by atoms with Gasteiger partial charge in [0.15, 0.2) is 0 Å². The molecule has 1 fully saturated rings. The third-order valence-corrected chi connectivity index (χ3v) is 4.16. The van der Waals surface area contributed by atoms with Gasteiger partial charge in [-0.05, 0) is 43.4 Å². The zero-order chi connectivity index (χ0) is 13.2. The number of carboxylic acid groups (broad SMARTS) is 1. The number of aliphatic carboxylic acids is 1. The van der Waals surface area contributed by atoms with Crippen LogP contribution in [0.3, 0.4) is 0 Å². The molecule has 0 saturated heterocycles. The van der Waals surface area contributed by atoms with E-state index in [1.54, 1.807) is 12.1 Å². The Morgan fingerprint density at radius 2 is 1.83 bits per heavy atom. The van der Waals surface area contributed by atoms with E-state index in [0.717, 1.165) is 18.4 Å². The molecule has 0 aliphatic heterocycles. The molecule has 1 aromatic carbocycles. The molecule has 1 aromatic rings. The minimum absolute atomic E-state index is 0.125. The smallest absolute Gasteiger partial charge is 0.306 e. The molecule has 0 unspecified atom stereocenters. The first kappa shape index (κ1) is 12.9. The van der Waals surface area contributed by atoms with Crippen LogP contribution in [-0.4, -0.2) is 22.7 Å². The highest BCUT2D eigenvalue weighted by molar-refractivity contribution is 5.70. The fourth-order valence-electron chi connectivity index (χ4n) is 2.84. The van der Waals surface area contributed by atoms with E-state index >= 15 is 0 Å². The molecule has 0 heterocycles. The van der Waals surface area contributed by atoms with Crippen molar-refractivity contribution in [2.24, 2.45) is 11.7 Å². The minimum Gasteiger partial charge on any atom is -0.508 e. The van der Waals surface area contributed by atoms with E-state index in [4.69, 9.17) is 10.8 Å². The van der Waals surface area contributed by atoms with Gasteiger partial charge in [0.05, 0.1) is 5.92 Å². The number of carbonyl (C=O) groups is 1. The number of rotatable bonds is 3. The standard InChI is InChI=1S/C14H19NO3/c15-9-14(11-1-3-12(16)4-2-11)7-5-10(6-8-14)13(17)18/h1-4,10,16H,5-9,15H2,(H,17,18). The summed E-state index contributed by atoms with van der Waals surface area (Å²) in [7, 11) is 0. The van der Waals surface area contributed by atoms with Crippen molar-refractivity contribution < 1.29 is 15.0 Å². The summed E-state index contributed by atoms with van der Waals surface area (Å²) in [5.74, 6) is -0.696. The van der Waals surface area contributed by atoms with E-state index in [1.807, 2.05) is 12.1 Å². The topological polar surface area (TPSA) is 83.5 Å². The number of nitrogens with two attached hydrogens (primary N) is 1. The van der Waals surface area contributed by atoms with Crippen molar-refractivity contribution in [3.8, 4) is 5.75 Å². The third-order valence-electron chi connectivity index (χ3n) is 4.16. The van der Waals surface area contributed by atoms with Gasteiger partial charge in [0.1, 0.15) is 5.75 Å². The second kappa shape index (κ2) is 4.98. The molecule has 1 aliphatic carbocycles. The molecule has 1 aliphatic rings. The Morgan fingerprint density at radius 3 is 2.28 bits per heavy atom. The van der Waals surface area contributed by atoms with Gasteiger partial charge < -0.3 is 15.9 Å². The molecule has 98 valence electrons. The molecule has 0 spiro atoms. The molecule has 0 aromatic heterocycles. The monoisotopic (exact) mass is 249 g/mol. The summed E-state index contributed by atoms with van der Waals surface area (Å²) >= 11 is 0. The maximum Gasteiger partial charge on any atom is 0.306 e. The van der Waals surface area contributed by atoms with E-state index in [2.05, 4.69) is 0 Å². The summed E-state index contributed by atoms with van der Waals surface area (Å²) in [5, 5.41) is 18.3. The molecule has 0 radical (unpaired) electrons. The summed E-state index contributed by atoms with van der Waals surface area (Å²) in [6, 6.07) is 7.11. The van der Waals surface area contributed by atoms with E-state index in [9.17, 15) is 9.90 Å². The molecular formula is C14H19NO3. The number of benzene rings is 1. The average Bonchev–Trinajstić information content (AvgIpc) is 2.39. The molecular weight excluding hydrogens is 230 g/mol. The van der Waals surface area contributed by atoms with Gasteiger partial charge >= 0.3 is 5.97 Å². The quantitative estimate of drug-likeness (QED) is 0.763. The van der Waals surface area contributed by atoms with Crippen LogP contribution in [-0.2, 0) is 10.2 Å². The first-order valence-electron chi connectivity index (χ1n) is 6.30. The van der Waals surface area contributed by atoms with Gasteiger partial charge in [-0.15, -0.1) is 0 Å². The molecule has 4 N–H and O–H groups in total. The largest absolute Gasteiger partial charge is 0.508 e. The number of phenolic OH excluding ortho intramolecular Hbond substituents is 1. The Kier molecular flexibility index (Phi) is 3.57. The predicted octanol–water partition coefficient (Wildman–Crippen LogP) is 1.86. The molecule has 18 heavy (non-hydrogen) atoms. The van der Waals surface area contributed by atoms with Crippen molar-refractivity contribution in [2.45, 2.75) is 31.1 Å². The molecule has 0 amide bonds. The normalized spacial score (nSPS) is 27.9. The molecule has 1 saturated carbocycles. The summed E-state index contributed by atoms with van der Waals surface area (Å²) in [5.41, 5.74) is 6.90. The van der Waals surface area contributed by atoms with E-state index < -0.39 is 5.97 Å². The minimum atomic E-state index is -0.702. The van der Waals surface area contributed by atoms with E-state index in [-0.39, 0.29) is 17.1 Å². The van der Waals surface area contributed by atoms with Crippen molar-refractivity contribution in [3.05, 3.63) is 29.8 Å². The number of carboxylic acids is 1. The van der Waals surface area contributed by atoms with E-state index in [0.29, 0.717) is 19.4 Å². The summed E-state index contributed by atoms with van der Waals surface area (Å²) in [6.07, 6.45) is 2.94. The molecule has 4 nitrogen and oxygen atoms in total. The molecule has 4 heteroatoms. The van der Waals surface area contributed by atoms with Gasteiger partial charge in [-0.1, -0.05) is 12.1 Å². The SMILES string of the molecule is NCC1(c2ccc(O)cc2)CCC(C(=O)O)CC1. The first-order chi connectivity index (χ1) is 8.57. The van der Waals surface area contributed by atoms with Crippen LogP contribution in [0.15, 0.2) is 24.3 Å². The molecule has 0 atom stereocenters. The van der Waals surface area contributed by atoms with Crippen LogP contribution in [0.25, 0.3) is 0 Å². The van der Waals surface area contributed by atoms with Crippen LogP contribution < -0.4 is 5.73 Å². The fraction of sp³-hybridized carbons (Fsp3) is 0.500. The second-order valence-corrected chi connectivity index (χ2v) is 5.14. The van der Waals surface area contributed by atoms with Crippen LogP contribution in [0.5, 0.6) is 5.75 Å². The Hall–Kier alpha value is -1.55. The zero-order valence-electron chi connectivity index (χ0n) is 10.3. The molecule has 0 bridgehead atoms. The van der Waals surface area contributed by atoms with Crippen molar-refractivity contribution >= 4 is 5.97 Å². The first-order valence-corrected chi connectivity index (χ1v) is 6.30. The van der Waals surface area contributed by atoms with Crippen LogP contribution >= 0.6 is 0 Å². The predicted molar refractivity (Wildman–Crippen MR) is 68.4 cm³/mol. The van der Waals surface area contributed by atoms with Gasteiger partial charge in [-0.25, -0.2) is 0 Å². The Morgan fingerprint density at radius 1 is 1.28 bits per heavy atom. The Balaban J connectivity index is 2.18. The van der Waals surface area contributed by atoms with Crippen molar-refractivity contribution in [3.63, 3.8) is 0 Å². The zero-order valence-corrected chi connectivity index (χ0v) is 10.3. The average molecular weight is 249 g/mol. The lowest BCUT2D eigenvalue weighted by molar-refractivity contribution is -0.143. The summed E-state index contributed by atoms with van der Waals surface area (Å²) in [4.78, 5) is 11.0. The highest BCUT2D eigenvalue weighted by Crippen LogP contribution is 2.41. The lowest BCUT2D eigenvalue weighted by atomic mass is 9.66. The molecule has 2 rings (SSSR count). The van der Waals surface area contributed by atoms with Crippen LogP contribution in [0.1, 0.15) is 31.2 Å². The summed E-state index contributed by atoms with van der Waals surface area (Å²) < 4.78 is 0. The van der Waals surface area contributed by atoms with Gasteiger partial charge in [-0.3, -0.25) is 4.79 Å². The van der Waals surface area contributed by atoms with Gasteiger partial charge in [0.25, 0.3) is 0 Å². The lowest BCUT2D eigenvalue weighted by Gasteiger charge is -2.38. The number of hydrogen-bond acceptors (Lipinski definition) is 3. The van der Waals surface area contributed by atoms with Crippen LogP contribution in [0.4, 0.5) is 0 Å². The second-order valence-electron chi connectivity index (χ2n) is 5.14.